The van der Waals surface area contributed by atoms with Gasteiger partial charge in [-0.1, -0.05) is 51.0 Å². The number of aliphatic imine (C=N–C) groups is 1. The van der Waals surface area contributed by atoms with Crippen LogP contribution in [0, 0.1) is 5.92 Å². The Hall–Kier alpha value is -1.55. The molecule has 0 spiro atoms. The lowest BCUT2D eigenvalue weighted by atomic mass is 10.0. The van der Waals surface area contributed by atoms with Crippen molar-refractivity contribution in [3.63, 3.8) is 0 Å². The number of hydrogen-bond acceptors (Lipinski definition) is 2. The van der Waals surface area contributed by atoms with Gasteiger partial charge in [0, 0.05) is 20.2 Å². The van der Waals surface area contributed by atoms with Gasteiger partial charge in [-0.05, 0) is 24.0 Å². The fourth-order valence-corrected chi connectivity index (χ4v) is 2.33. The van der Waals surface area contributed by atoms with Crippen LogP contribution in [0.3, 0.4) is 0 Å². The predicted molar refractivity (Wildman–Crippen MR) is 94.0 cm³/mol. The average molecular weight is 305 g/mol. The van der Waals surface area contributed by atoms with Crippen LogP contribution in [0.25, 0.3) is 0 Å². The van der Waals surface area contributed by atoms with E-state index in [1.165, 1.54) is 24.0 Å². The van der Waals surface area contributed by atoms with Gasteiger partial charge in [-0.3, -0.25) is 0 Å². The van der Waals surface area contributed by atoms with E-state index in [-0.39, 0.29) is 0 Å². The van der Waals surface area contributed by atoms with E-state index < -0.39 is 0 Å². The van der Waals surface area contributed by atoms with Gasteiger partial charge in [-0.2, -0.15) is 0 Å². The molecule has 0 aliphatic rings. The van der Waals surface area contributed by atoms with Crippen molar-refractivity contribution in [2.45, 2.75) is 46.8 Å². The van der Waals surface area contributed by atoms with Crippen LogP contribution < -0.4 is 10.6 Å². The summed E-state index contributed by atoms with van der Waals surface area (Å²) in [5.74, 6) is 1.59. The van der Waals surface area contributed by atoms with Crippen molar-refractivity contribution in [1.82, 2.24) is 10.6 Å². The lowest BCUT2D eigenvalue weighted by Gasteiger charge is -2.16. The zero-order valence-electron chi connectivity index (χ0n) is 14.5. The number of benzene rings is 1. The number of ether oxygens (including phenoxy) is 1. The molecule has 1 rings (SSSR count). The third kappa shape index (κ3) is 6.48. The van der Waals surface area contributed by atoms with Crippen molar-refractivity contribution in [3.05, 3.63) is 35.4 Å². The largest absolute Gasteiger partial charge is 0.380 e. The summed E-state index contributed by atoms with van der Waals surface area (Å²) in [4.78, 5) is 4.71. The van der Waals surface area contributed by atoms with Crippen LogP contribution in [0.1, 0.15) is 44.7 Å². The Morgan fingerprint density at radius 1 is 1.09 bits per heavy atom. The molecule has 0 aromatic heterocycles. The summed E-state index contributed by atoms with van der Waals surface area (Å²) in [6.07, 6.45) is 2.39. The molecular weight excluding hydrogens is 274 g/mol. The van der Waals surface area contributed by atoms with E-state index in [4.69, 9.17) is 9.73 Å². The Labute approximate surface area is 135 Å². The third-order valence-electron chi connectivity index (χ3n) is 3.88. The molecule has 0 amide bonds. The highest BCUT2D eigenvalue weighted by molar-refractivity contribution is 5.79. The van der Waals surface area contributed by atoms with Gasteiger partial charge in [0.2, 0.25) is 0 Å². The number of guanidine groups is 1. The first kappa shape index (κ1) is 18.5. The van der Waals surface area contributed by atoms with Gasteiger partial charge >= 0.3 is 0 Å². The summed E-state index contributed by atoms with van der Waals surface area (Å²) >= 11 is 0. The number of rotatable bonds is 9. The molecule has 22 heavy (non-hydrogen) atoms. The quantitative estimate of drug-likeness (QED) is 0.543. The molecule has 0 saturated heterocycles. The molecule has 0 unspecified atom stereocenters. The summed E-state index contributed by atoms with van der Waals surface area (Å²) < 4.78 is 5.25. The molecule has 0 atom stereocenters. The summed E-state index contributed by atoms with van der Waals surface area (Å²) in [5, 5.41) is 6.77. The van der Waals surface area contributed by atoms with Crippen molar-refractivity contribution < 1.29 is 4.74 Å². The first-order valence-corrected chi connectivity index (χ1v) is 8.32. The first-order valence-electron chi connectivity index (χ1n) is 8.32. The molecule has 4 nitrogen and oxygen atoms in total. The molecule has 0 radical (unpaired) electrons. The Morgan fingerprint density at radius 2 is 1.77 bits per heavy atom. The van der Waals surface area contributed by atoms with E-state index in [9.17, 15) is 0 Å². The first-order chi connectivity index (χ1) is 10.7. The van der Waals surface area contributed by atoms with E-state index >= 15 is 0 Å². The van der Waals surface area contributed by atoms with Crippen molar-refractivity contribution in [2.75, 3.05) is 20.2 Å². The van der Waals surface area contributed by atoms with Crippen LogP contribution in [0.2, 0.25) is 0 Å². The van der Waals surface area contributed by atoms with Crippen molar-refractivity contribution in [1.29, 1.82) is 0 Å². The highest BCUT2D eigenvalue weighted by atomic mass is 16.5. The maximum atomic E-state index is 5.25. The molecule has 4 heteroatoms. The predicted octanol–water partition coefficient (Wildman–Crippen LogP) is 3.32. The zero-order valence-corrected chi connectivity index (χ0v) is 14.5. The highest BCUT2D eigenvalue weighted by Crippen LogP contribution is 2.11. The molecule has 0 fully saturated rings. The summed E-state index contributed by atoms with van der Waals surface area (Å²) in [5.41, 5.74) is 2.41. The van der Waals surface area contributed by atoms with Gasteiger partial charge in [-0.25, -0.2) is 4.99 Å². The minimum absolute atomic E-state index is 0.628. The Kier molecular flexibility index (Phi) is 9.31. The summed E-state index contributed by atoms with van der Waals surface area (Å²) in [7, 11) is 1.72. The molecule has 0 aliphatic carbocycles. The molecule has 2 N–H and O–H groups in total. The van der Waals surface area contributed by atoms with Crippen LogP contribution in [-0.2, 0) is 17.9 Å². The normalized spacial score (nSPS) is 11.8. The SMILES string of the molecule is CCNC(=NCc1ccccc1COC)NCC(CC)CC. The number of nitrogens with one attached hydrogen (secondary N) is 2. The van der Waals surface area contributed by atoms with Crippen LogP contribution in [0.4, 0.5) is 0 Å². The number of nitrogens with zero attached hydrogens (tertiary/aromatic N) is 1. The minimum atomic E-state index is 0.628. The van der Waals surface area contributed by atoms with Gasteiger partial charge in [0.1, 0.15) is 0 Å². The second-order valence-corrected chi connectivity index (χ2v) is 5.46. The van der Waals surface area contributed by atoms with Crippen molar-refractivity contribution in [2.24, 2.45) is 10.9 Å². The van der Waals surface area contributed by atoms with E-state index in [1.807, 2.05) is 6.07 Å². The van der Waals surface area contributed by atoms with Gasteiger partial charge in [0.25, 0.3) is 0 Å². The fourth-order valence-electron chi connectivity index (χ4n) is 2.33. The van der Waals surface area contributed by atoms with Gasteiger partial charge < -0.3 is 15.4 Å². The monoisotopic (exact) mass is 305 g/mol. The summed E-state index contributed by atoms with van der Waals surface area (Å²) in [6, 6.07) is 8.30. The molecule has 124 valence electrons. The van der Waals surface area contributed by atoms with Crippen molar-refractivity contribution >= 4 is 5.96 Å². The smallest absolute Gasteiger partial charge is 0.191 e. The van der Waals surface area contributed by atoms with E-state index in [1.54, 1.807) is 7.11 Å². The Bertz CT molecular complexity index is 442. The lowest BCUT2D eigenvalue weighted by Crippen LogP contribution is -2.39. The Morgan fingerprint density at radius 3 is 2.36 bits per heavy atom. The van der Waals surface area contributed by atoms with Crippen LogP contribution in [-0.4, -0.2) is 26.2 Å². The maximum Gasteiger partial charge on any atom is 0.191 e. The fraction of sp³-hybridized carbons (Fsp3) is 0.611. The second kappa shape index (κ2) is 11.1. The molecular formula is C18H31N3O. The Balaban J connectivity index is 2.69. The van der Waals surface area contributed by atoms with E-state index in [2.05, 4.69) is 49.6 Å². The van der Waals surface area contributed by atoms with Gasteiger partial charge in [-0.15, -0.1) is 0 Å². The number of hydrogen-bond donors (Lipinski definition) is 2. The van der Waals surface area contributed by atoms with Gasteiger partial charge in [0.15, 0.2) is 5.96 Å². The van der Waals surface area contributed by atoms with Crippen LogP contribution >= 0.6 is 0 Å². The molecule has 1 aromatic carbocycles. The van der Waals surface area contributed by atoms with E-state index in [0.29, 0.717) is 19.1 Å². The topological polar surface area (TPSA) is 45.7 Å². The lowest BCUT2D eigenvalue weighted by molar-refractivity contribution is 0.184. The standard InChI is InChI=1S/C18H31N3O/c1-5-15(6-2)12-20-18(19-7-3)21-13-16-10-8-9-11-17(16)14-22-4/h8-11,15H,5-7,12-14H2,1-4H3,(H2,19,20,21). The second-order valence-electron chi connectivity index (χ2n) is 5.46. The maximum absolute atomic E-state index is 5.25. The molecule has 0 bridgehead atoms. The summed E-state index contributed by atoms with van der Waals surface area (Å²) in [6.45, 7) is 9.70. The van der Waals surface area contributed by atoms with E-state index in [0.717, 1.165) is 19.0 Å². The molecule has 0 heterocycles. The third-order valence-corrected chi connectivity index (χ3v) is 3.88. The molecule has 0 aliphatic heterocycles. The minimum Gasteiger partial charge on any atom is -0.380 e. The molecule has 1 aromatic rings. The molecule has 0 saturated carbocycles. The van der Waals surface area contributed by atoms with Crippen LogP contribution in [0.15, 0.2) is 29.3 Å². The highest BCUT2D eigenvalue weighted by Gasteiger charge is 2.05. The van der Waals surface area contributed by atoms with Gasteiger partial charge in [0.05, 0.1) is 13.2 Å². The number of methoxy groups -OCH3 is 1. The average Bonchev–Trinajstić information content (AvgIpc) is 2.55. The van der Waals surface area contributed by atoms with Crippen LogP contribution in [0.5, 0.6) is 0 Å². The van der Waals surface area contributed by atoms with Crippen molar-refractivity contribution in [3.8, 4) is 0 Å². The zero-order chi connectivity index (χ0) is 16.2.